The Kier molecular flexibility index (Phi) is 6.78. The van der Waals surface area contributed by atoms with Crippen molar-refractivity contribution < 1.29 is 9.90 Å². The topological polar surface area (TPSA) is 86.9 Å². The minimum absolute atomic E-state index is 0.0187. The number of carbonyl (C=O) groups excluding carboxylic acids is 1. The van der Waals surface area contributed by atoms with Gasteiger partial charge in [-0.25, -0.2) is 4.98 Å². The minimum atomic E-state index is -0.0301. The molecule has 6 rings (SSSR count). The number of phenols is 1. The number of rotatable bonds is 5. The average molecular weight is 547 g/mol. The number of fused-ring (bicyclic) bond motifs is 1. The molecule has 3 saturated heterocycles. The van der Waals surface area contributed by atoms with Crippen LogP contribution in [0.3, 0.4) is 0 Å². The van der Waals surface area contributed by atoms with Gasteiger partial charge in [0.1, 0.15) is 23.2 Å². The average Bonchev–Trinajstić information content (AvgIpc) is 3.54. The van der Waals surface area contributed by atoms with Crippen LogP contribution in [0, 0.1) is 16.7 Å². The van der Waals surface area contributed by atoms with Gasteiger partial charge in [-0.3, -0.25) is 9.69 Å². The Bertz CT molecular complexity index is 1360. The van der Waals surface area contributed by atoms with E-state index in [1.54, 1.807) is 18.2 Å². The first-order valence-corrected chi connectivity index (χ1v) is 14.2. The number of likely N-dealkylation sites (tertiary alicyclic amines) is 2. The lowest BCUT2D eigenvalue weighted by Gasteiger charge is -2.47. The van der Waals surface area contributed by atoms with Crippen molar-refractivity contribution in [1.82, 2.24) is 19.7 Å². The standard InChI is InChI=1S/C30H35ClN6O2/c1-3-27(39)37-18-30(19-37)9-12-36(17-30)29-24(14-32)28(23-13-21(38)6-7-25(23)31)22-8-11-35(16-26(22)33-29)15-20-5-4-10-34(20)2/h3,6-7,13,20,38H,1,4-5,8-12,15-19H2,2H3. The van der Waals surface area contributed by atoms with Crippen molar-refractivity contribution in [1.29, 1.82) is 5.26 Å². The SMILES string of the molecule is C=CC(=O)N1CC2(CCN(c3nc4c(c(-c5cc(O)ccc5Cl)c3C#N)CCN(CC3CCCN3C)C4)C2)C1. The van der Waals surface area contributed by atoms with Crippen molar-refractivity contribution in [3.63, 3.8) is 0 Å². The number of hydrogen-bond acceptors (Lipinski definition) is 7. The summed E-state index contributed by atoms with van der Waals surface area (Å²) in [5, 5.41) is 21.4. The smallest absolute Gasteiger partial charge is 0.245 e. The summed E-state index contributed by atoms with van der Waals surface area (Å²) in [6, 6.07) is 7.96. The van der Waals surface area contributed by atoms with E-state index in [-0.39, 0.29) is 17.1 Å². The lowest BCUT2D eigenvalue weighted by atomic mass is 9.79. The maximum absolute atomic E-state index is 12.1. The van der Waals surface area contributed by atoms with Crippen LogP contribution in [0.2, 0.25) is 5.02 Å². The molecule has 5 heterocycles. The molecule has 204 valence electrons. The molecule has 0 aliphatic carbocycles. The van der Waals surface area contributed by atoms with E-state index in [0.717, 1.165) is 68.9 Å². The third-order valence-corrected chi connectivity index (χ3v) is 9.49. The van der Waals surface area contributed by atoms with Crippen LogP contribution in [0.4, 0.5) is 5.82 Å². The second-order valence-electron chi connectivity index (χ2n) is 11.7. The minimum Gasteiger partial charge on any atom is -0.508 e. The van der Waals surface area contributed by atoms with Gasteiger partial charge in [0.25, 0.3) is 0 Å². The van der Waals surface area contributed by atoms with Crippen LogP contribution in [0.15, 0.2) is 30.9 Å². The van der Waals surface area contributed by atoms with Crippen molar-refractivity contribution >= 4 is 23.3 Å². The van der Waals surface area contributed by atoms with Crippen LogP contribution in [-0.2, 0) is 17.8 Å². The van der Waals surface area contributed by atoms with Crippen LogP contribution in [-0.4, -0.2) is 89.6 Å². The lowest BCUT2D eigenvalue weighted by molar-refractivity contribution is -0.136. The normalized spacial score (nSPS) is 22.5. The van der Waals surface area contributed by atoms with Crippen molar-refractivity contribution in [3.05, 3.63) is 52.7 Å². The van der Waals surface area contributed by atoms with Gasteiger partial charge in [-0.2, -0.15) is 5.26 Å². The number of anilines is 1. The number of nitriles is 1. The molecule has 1 N–H and O–H groups in total. The van der Waals surface area contributed by atoms with E-state index in [9.17, 15) is 15.2 Å². The second-order valence-corrected chi connectivity index (χ2v) is 12.1. The van der Waals surface area contributed by atoms with Gasteiger partial charge in [0.2, 0.25) is 5.91 Å². The number of halogens is 1. The fourth-order valence-electron chi connectivity index (χ4n) is 7.04. The predicted molar refractivity (Wildman–Crippen MR) is 152 cm³/mol. The van der Waals surface area contributed by atoms with Crippen LogP contribution >= 0.6 is 11.6 Å². The number of aromatic nitrogens is 1. The number of amides is 1. The number of pyridine rings is 1. The fraction of sp³-hybridized carbons (Fsp3) is 0.500. The molecule has 4 aliphatic rings. The Morgan fingerprint density at radius 1 is 1.31 bits per heavy atom. The van der Waals surface area contributed by atoms with E-state index in [2.05, 4.69) is 34.4 Å². The third kappa shape index (κ3) is 4.67. The summed E-state index contributed by atoms with van der Waals surface area (Å²) in [5.74, 6) is 0.780. The summed E-state index contributed by atoms with van der Waals surface area (Å²) in [6.45, 7) is 10.3. The predicted octanol–water partition coefficient (Wildman–Crippen LogP) is 3.66. The second kappa shape index (κ2) is 10.1. The summed E-state index contributed by atoms with van der Waals surface area (Å²) >= 11 is 6.69. The number of aromatic hydroxyl groups is 1. The zero-order valence-electron chi connectivity index (χ0n) is 22.5. The zero-order valence-corrected chi connectivity index (χ0v) is 23.3. The van der Waals surface area contributed by atoms with E-state index in [0.29, 0.717) is 41.1 Å². The summed E-state index contributed by atoms with van der Waals surface area (Å²) in [7, 11) is 2.21. The summed E-state index contributed by atoms with van der Waals surface area (Å²) in [6.07, 6.45) is 5.56. The molecule has 0 radical (unpaired) electrons. The van der Waals surface area contributed by atoms with E-state index < -0.39 is 0 Å². The Morgan fingerprint density at radius 3 is 2.85 bits per heavy atom. The number of nitrogens with zero attached hydrogens (tertiary/aromatic N) is 6. The number of benzene rings is 1. The summed E-state index contributed by atoms with van der Waals surface area (Å²) in [4.78, 5) is 26.3. The first-order valence-electron chi connectivity index (χ1n) is 13.8. The monoisotopic (exact) mass is 546 g/mol. The first-order chi connectivity index (χ1) is 18.8. The highest BCUT2D eigenvalue weighted by Crippen LogP contribution is 2.45. The van der Waals surface area contributed by atoms with Crippen molar-refractivity contribution in [3.8, 4) is 22.9 Å². The molecule has 1 spiro atoms. The van der Waals surface area contributed by atoms with Gasteiger partial charge in [0.05, 0.1) is 5.69 Å². The molecule has 1 aromatic heterocycles. The number of phenolic OH excluding ortho intramolecular Hbond substituents is 1. The van der Waals surface area contributed by atoms with Crippen molar-refractivity contribution in [2.75, 3.05) is 57.8 Å². The van der Waals surface area contributed by atoms with Gasteiger partial charge in [-0.15, -0.1) is 0 Å². The Balaban J connectivity index is 1.38. The summed E-state index contributed by atoms with van der Waals surface area (Å²) < 4.78 is 0. The highest BCUT2D eigenvalue weighted by molar-refractivity contribution is 6.33. The lowest BCUT2D eigenvalue weighted by Crippen LogP contribution is -2.59. The fourth-order valence-corrected chi connectivity index (χ4v) is 7.25. The Hall–Kier alpha value is -3.12. The highest BCUT2D eigenvalue weighted by Gasteiger charge is 2.49. The van der Waals surface area contributed by atoms with E-state index in [1.165, 1.54) is 18.9 Å². The van der Waals surface area contributed by atoms with Gasteiger partial charge < -0.3 is 19.8 Å². The van der Waals surface area contributed by atoms with Gasteiger partial charge in [-0.1, -0.05) is 18.2 Å². The Labute approximate surface area is 235 Å². The molecule has 3 fully saturated rings. The molecule has 1 aromatic carbocycles. The van der Waals surface area contributed by atoms with Crippen molar-refractivity contribution in [2.45, 2.75) is 38.3 Å². The van der Waals surface area contributed by atoms with E-state index in [4.69, 9.17) is 16.6 Å². The highest BCUT2D eigenvalue weighted by atomic mass is 35.5. The van der Waals surface area contributed by atoms with Crippen molar-refractivity contribution in [2.24, 2.45) is 5.41 Å². The van der Waals surface area contributed by atoms with Crippen LogP contribution in [0.25, 0.3) is 11.1 Å². The molecule has 8 nitrogen and oxygen atoms in total. The molecule has 4 aliphatic heterocycles. The number of carbonyl (C=O) groups is 1. The number of hydrogen-bond donors (Lipinski definition) is 1. The molecule has 1 atom stereocenters. The van der Waals surface area contributed by atoms with Gasteiger partial charge in [0.15, 0.2) is 0 Å². The van der Waals surface area contributed by atoms with E-state index >= 15 is 0 Å². The number of likely N-dealkylation sites (N-methyl/N-ethyl adjacent to an activating group) is 1. The maximum atomic E-state index is 12.1. The molecule has 9 heteroatoms. The van der Waals surface area contributed by atoms with Gasteiger partial charge in [-0.05, 0) is 69.1 Å². The molecule has 0 saturated carbocycles. The quantitative estimate of drug-likeness (QED) is 0.573. The third-order valence-electron chi connectivity index (χ3n) is 9.16. The summed E-state index contributed by atoms with van der Waals surface area (Å²) in [5.41, 5.74) is 4.06. The zero-order chi connectivity index (χ0) is 27.3. The van der Waals surface area contributed by atoms with Gasteiger partial charge in [0, 0.05) is 73.4 Å². The molecule has 1 unspecified atom stereocenters. The van der Waals surface area contributed by atoms with Crippen LogP contribution in [0.1, 0.15) is 36.1 Å². The largest absolute Gasteiger partial charge is 0.508 e. The van der Waals surface area contributed by atoms with E-state index in [1.807, 2.05) is 4.90 Å². The maximum Gasteiger partial charge on any atom is 0.245 e. The molecule has 2 aromatic rings. The molecule has 1 amide bonds. The van der Waals surface area contributed by atoms with Gasteiger partial charge >= 0.3 is 0 Å². The van der Waals surface area contributed by atoms with Crippen LogP contribution in [0.5, 0.6) is 5.75 Å². The first kappa shape index (κ1) is 26.1. The molecular weight excluding hydrogens is 512 g/mol. The molecule has 0 bridgehead atoms. The molecular formula is C30H35ClN6O2. The Morgan fingerprint density at radius 2 is 2.13 bits per heavy atom. The molecule has 39 heavy (non-hydrogen) atoms. The van der Waals surface area contributed by atoms with Crippen LogP contribution < -0.4 is 4.90 Å².